The summed E-state index contributed by atoms with van der Waals surface area (Å²) in [6.07, 6.45) is 0. The van der Waals surface area contributed by atoms with E-state index in [-0.39, 0.29) is 11.1 Å². The van der Waals surface area contributed by atoms with Gasteiger partial charge in [-0.25, -0.2) is 5.84 Å². The molecule has 0 atom stereocenters. The number of carbonyl (C=O) groups excluding carboxylic acids is 2. The van der Waals surface area contributed by atoms with Crippen molar-refractivity contribution in [3.05, 3.63) is 47.5 Å². The van der Waals surface area contributed by atoms with Gasteiger partial charge in [0.05, 0.1) is 5.56 Å². The molecule has 0 aliphatic heterocycles. The number of fused-ring (bicyclic) bond motifs is 1. The van der Waals surface area contributed by atoms with Gasteiger partial charge < -0.3 is 0 Å². The van der Waals surface area contributed by atoms with Crippen LogP contribution in [0.3, 0.4) is 0 Å². The highest BCUT2D eigenvalue weighted by atomic mass is 32.1. The van der Waals surface area contributed by atoms with Gasteiger partial charge in [-0.15, -0.1) is 12.6 Å². The van der Waals surface area contributed by atoms with Crippen LogP contribution >= 0.6 is 12.6 Å². The zero-order chi connectivity index (χ0) is 12.4. The second-order valence-electron chi connectivity index (χ2n) is 3.49. The summed E-state index contributed by atoms with van der Waals surface area (Å²) in [5, 5.41) is 1.10. The Morgan fingerprint density at radius 3 is 2.47 bits per heavy atom. The molecule has 0 aliphatic carbocycles. The lowest BCUT2D eigenvalue weighted by Crippen LogP contribution is -2.31. The van der Waals surface area contributed by atoms with Crippen LogP contribution < -0.4 is 11.3 Å². The van der Waals surface area contributed by atoms with Gasteiger partial charge in [-0.05, 0) is 16.8 Å². The van der Waals surface area contributed by atoms with Crippen molar-refractivity contribution in [2.75, 3.05) is 0 Å². The lowest BCUT2D eigenvalue weighted by molar-refractivity contribution is 0.0947. The number of hydrogen-bond acceptors (Lipinski definition) is 3. The molecular weight excluding hydrogens is 236 g/mol. The van der Waals surface area contributed by atoms with Crippen LogP contribution in [0.15, 0.2) is 36.4 Å². The quantitative estimate of drug-likeness (QED) is 0.325. The first-order chi connectivity index (χ1) is 8.15. The van der Waals surface area contributed by atoms with E-state index in [1.807, 2.05) is 17.6 Å². The van der Waals surface area contributed by atoms with Crippen molar-refractivity contribution in [1.29, 1.82) is 0 Å². The van der Waals surface area contributed by atoms with Crippen LogP contribution in [0, 0.1) is 0 Å². The Morgan fingerprint density at radius 1 is 1.12 bits per heavy atom. The Labute approximate surface area is 103 Å². The minimum atomic E-state index is -0.506. The number of benzene rings is 2. The van der Waals surface area contributed by atoms with Gasteiger partial charge in [-0.3, -0.25) is 15.0 Å². The largest absolute Gasteiger partial charge is 0.290 e. The molecule has 3 N–H and O–H groups in total. The Balaban J connectivity index is 2.82. The van der Waals surface area contributed by atoms with E-state index < -0.39 is 11.0 Å². The minimum Gasteiger partial charge on any atom is -0.290 e. The standard InChI is InChI=1S/C12H10N2O2S/c13-14-11(15)9-6-5-7-3-1-2-4-8(7)10(9)12(16)17/h1-6H,13H2,(H,14,15)(H,16,17). The number of hydrogen-bond donors (Lipinski definition) is 3. The van der Waals surface area contributed by atoms with Crippen LogP contribution in [0.4, 0.5) is 0 Å². The zero-order valence-electron chi connectivity index (χ0n) is 8.81. The first kappa shape index (κ1) is 11.6. The molecule has 2 rings (SSSR count). The summed E-state index contributed by atoms with van der Waals surface area (Å²) in [4.78, 5) is 23.1. The SMILES string of the molecule is NNC(=O)c1ccc2ccccc2c1C(=O)S. The van der Waals surface area contributed by atoms with E-state index in [9.17, 15) is 9.59 Å². The van der Waals surface area contributed by atoms with E-state index in [1.165, 1.54) is 0 Å². The average molecular weight is 246 g/mol. The highest BCUT2D eigenvalue weighted by Crippen LogP contribution is 2.24. The van der Waals surface area contributed by atoms with E-state index in [4.69, 9.17) is 5.84 Å². The monoisotopic (exact) mass is 246 g/mol. The fourth-order valence-electron chi connectivity index (χ4n) is 1.77. The summed E-state index contributed by atoms with van der Waals surface area (Å²) in [6, 6.07) is 10.6. The number of rotatable bonds is 2. The van der Waals surface area contributed by atoms with Gasteiger partial charge in [0.1, 0.15) is 0 Å². The summed E-state index contributed by atoms with van der Waals surface area (Å²) in [5.74, 6) is 4.58. The van der Waals surface area contributed by atoms with Crippen molar-refractivity contribution in [1.82, 2.24) is 5.43 Å². The number of nitrogens with one attached hydrogen (secondary N) is 1. The van der Waals surface area contributed by atoms with E-state index in [2.05, 4.69) is 12.6 Å². The maximum atomic E-state index is 11.6. The summed E-state index contributed by atoms with van der Waals surface area (Å²) in [5.41, 5.74) is 2.52. The summed E-state index contributed by atoms with van der Waals surface area (Å²) < 4.78 is 0. The predicted molar refractivity (Wildman–Crippen MR) is 68.9 cm³/mol. The summed E-state index contributed by atoms with van der Waals surface area (Å²) in [7, 11) is 0. The molecule has 2 aromatic carbocycles. The molecule has 0 aromatic heterocycles. The van der Waals surface area contributed by atoms with Gasteiger partial charge in [-0.1, -0.05) is 30.3 Å². The van der Waals surface area contributed by atoms with Crippen molar-refractivity contribution < 1.29 is 9.59 Å². The molecule has 2 aromatic rings. The average Bonchev–Trinajstić information content (AvgIpc) is 2.36. The number of carbonyl (C=O) groups is 2. The molecule has 17 heavy (non-hydrogen) atoms. The number of hydrazine groups is 1. The lowest BCUT2D eigenvalue weighted by Gasteiger charge is -2.08. The molecule has 0 unspecified atom stereocenters. The normalized spacial score (nSPS) is 10.2. The van der Waals surface area contributed by atoms with E-state index in [1.54, 1.807) is 24.3 Å². The molecule has 0 bridgehead atoms. The first-order valence-electron chi connectivity index (χ1n) is 4.91. The fraction of sp³-hybridized carbons (Fsp3) is 0. The minimum absolute atomic E-state index is 0.228. The van der Waals surface area contributed by atoms with Crippen LogP contribution in [-0.4, -0.2) is 11.0 Å². The van der Waals surface area contributed by atoms with Crippen molar-refractivity contribution in [3.63, 3.8) is 0 Å². The van der Waals surface area contributed by atoms with Gasteiger partial charge >= 0.3 is 0 Å². The van der Waals surface area contributed by atoms with Crippen molar-refractivity contribution >= 4 is 34.4 Å². The number of nitrogens with two attached hydrogens (primary N) is 1. The molecule has 1 amide bonds. The van der Waals surface area contributed by atoms with Gasteiger partial charge in [0.15, 0.2) is 0 Å². The van der Waals surface area contributed by atoms with Gasteiger partial charge in [0.2, 0.25) is 5.12 Å². The third kappa shape index (κ3) is 2.02. The molecule has 0 aliphatic rings. The van der Waals surface area contributed by atoms with Gasteiger partial charge in [0, 0.05) is 5.56 Å². The molecule has 86 valence electrons. The molecule has 0 fully saturated rings. The molecule has 0 radical (unpaired) electrons. The third-order valence-electron chi connectivity index (χ3n) is 2.52. The van der Waals surface area contributed by atoms with Crippen LogP contribution in [-0.2, 0) is 0 Å². The molecule has 0 saturated carbocycles. The number of thiol groups is 1. The lowest BCUT2D eigenvalue weighted by atomic mass is 9.99. The summed E-state index contributed by atoms with van der Waals surface area (Å²) >= 11 is 3.81. The molecule has 4 nitrogen and oxygen atoms in total. The van der Waals surface area contributed by atoms with Crippen LogP contribution in [0.5, 0.6) is 0 Å². The Bertz CT molecular complexity index is 610. The predicted octanol–water partition coefficient (Wildman–Crippen LogP) is 1.51. The Kier molecular flexibility index (Phi) is 3.12. The zero-order valence-corrected chi connectivity index (χ0v) is 9.70. The first-order valence-corrected chi connectivity index (χ1v) is 5.36. The second-order valence-corrected chi connectivity index (χ2v) is 3.89. The van der Waals surface area contributed by atoms with Crippen LogP contribution in [0.25, 0.3) is 10.8 Å². The van der Waals surface area contributed by atoms with Crippen LogP contribution in [0.2, 0.25) is 0 Å². The number of amides is 1. The highest BCUT2D eigenvalue weighted by Gasteiger charge is 2.17. The molecular formula is C12H10N2O2S. The maximum absolute atomic E-state index is 11.6. The topological polar surface area (TPSA) is 72.2 Å². The van der Waals surface area contributed by atoms with Crippen molar-refractivity contribution in [2.24, 2.45) is 5.84 Å². The molecule has 0 spiro atoms. The number of nitrogen functional groups attached to an aromatic ring is 1. The Hall–Kier alpha value is -1.85. The molecule has 5 heteroatoms. The smallest absolute Gasteiger partial charge is 0.265 e. The third-order valence-corrected chi connectivity index (χ3v) is 2.74. The van der Waals surface area contributed by atoms with E-state index >= 15 is 0 Å². The summed E-state index contributed by atoms with van der Waals surface area (Å²) in [6.45, 7) is 0. The van der Waals surface area contributed by atoms with E-state index in [0.717, 1.165) is 5.39 Å². The second kappa shape index (κ2) is 4.57. The van der Waals surface area contributed by atoms with Crippen LogP contribution in [0.1, 0.15) is 20.7 Å². The van der Waals surface area contributed by atoms with Crippen molar-refractivity contribution in [3.8, 4) is 0 Å². The van der Waals surface area contributed by atoms with E-state index in [0.29, 0.717) is 5.39 Å². The van der Waals surface area contributed by atoms with Gasteiger partial charge in [0.25, 0.3) is 5.91 Å². The van der Waals surface area contributed by atoms with Gasteiger partial charge in [-0.2, -0.15) is 0 Å². The molecule has 0 saturated heterocycles. The Morgan fingerprint density at radius 2 is 1.82 bits per heavy atom. The van der Waals surface area contributed by atoms with Crippen molar-refractivity contribution in [2.45, 2.75) is 0 Å². The highest BCUT2D eigenvalue weighted by molar-refractivity contribution is 7.97. The fourth-order valence-corrected chi connectivity index (χ4v) is 2.01. The molecule has 0 heterocycles. The maximum Gasteiger partial charge on any atom is 0.265 e.